The molecule has 1 aliphatic heterocycles. The molecule has 1 heterocycles. The summed E-state index contributed by atoms with van der Waals surface area (Å²) in [5.74, 6) is 0.496. The molecule has 0 aliphatic carbocycles. The Morgan fingerprint density at radius 3 is 2.12 bits per heavy atom. The smallest absolute Gasteiger partial charge is 0.416 e. The molecule has 0 amide bonds. The highest BCUT2D eigenvalue weighted by Gasteiger charge is 2.38. The second-order valence-corrected chi connectivity index (χ2v) is 12.3. The summed E-state index contributed by atoms with van der Waals surface area (Å²) in [7, 11) is -2.02. The van der Waals surface area contributed by atoms with E-state index in [2.05, 4.69) is 25.8 Å². The Balaban J connectivity index is 2.68. The van der Waals surface area contributed by atoms with Gasteiger partial charge in [-0.2, -0.15) is 13.2 Å². The number of aliphatic imine (C=N–C) groups is 1. The first kappa shape index (κ1) is 19.0. The summed E-state index contributed by atoms with van der Waals surface area (Å²) in [5.41, 5.74) is -0.151. The van der Waals surface area contributed by atoms with Crippen LogP contribution in [0, 0.1) is 0 Å². The quantitative estimate of drug-likeness (QED) is 0.681. The lowest BCUT2D eigenvalue weighted by Crippen LogP contribution is -2.49. The predicted octanol–water partition coefficient (Wildman–Crippen LogP) is 4.98. The molecule has 0 fully saturated rings. The maximum Gasteiger partial charge on any atom is 0.416 e. The number of ether oxygens (including phenoxy) is 1. The van der Waals surface area contributed by atoms with Crippen LogP contribution in [0.5, 0.6) is 0 Å². The summed E-state index contributed by atoms with van der Waals surface area (Å²) in [6, 6.07) is 6.79. The monoisotopic (exact) mass is 357 g/mol. The fourth-order valence-electron chi connectivity index (χ4n) is 3.39. The molecular formula is C18H26F3NOSi. The third kappa shape index (κ3) is 3.53. The fourth-order valence-corrected chi connectivity index (χ4v) is 7.26. The van der Waals surface area contributed by atoms with Gasteiger partial charge >= 0.3 is 6.18 Å². The van der Waals surface area contributed by atoms with Gasteiger partial charge in [-0.1, -0.05) is 38.9 Å². The van der Waals surface area contributed by atoms with Gasteiger partial charge in [0.1, 0.15) is 6.61 Å². The molecule has 2 rings (SSSR count). The Bertz CT molecular complexity index is 625. The van der Waals surface area contributed by atoms with Crippen LogP contribution in [-0.2, 0) is 10.9 Å². The van der Waals surface area contributed by atoms with Crippen LogP contribution in [-0.4, -0.2) is 26.1 Å². The molecule has 0 saturated heterocycles. The molecule has 0 atom stereocenters. The van der Waals surface area contributed by atoms with Crippen molar-refractivity contribution in [2.24, 2.45) is 4.99 Å². The number of benzene rings is 1. The predicted molar refractivity (Wildman–Crippen MR) is 94.8 cm³/mol. The highest BCUT2D eigenvalue weighted by molar-refractivity contribution is 6.92. The van der Waals surface area contributed by atoms with Crippen molar-refractivity contribution in [1.82, 2.24) is 0 Å². The zero-order chi connectivity index (χ0) is 18.2. The molecule has 2 nitrogen and oxygen atoms in total. The summed E-state index contributed by atoms with van der Waals surface area (Å²) in [5, 5.41) is 0.835. The Morgan fingerprint density at radius 2 is 1.71 bits per heavy atom. The minimum Gasteiger partial charge on any atom is -0.475 e. The molecule has 134 valence electrons. The van der Waals surface area contributed by atoms with E-state index in [1.54, 1.807) is 6.07 Å². The number of hydrogen-bond donors (Lipinski definition) is 0. The Labute approximate surface area is 143 Å². The summed E-state index contributed by atoms with van der Waals surface area (Å²) in [6.45, 7) is 10.7. The zero-order valence-electron chi connectivity index (χ0n) is 15.0. The standard InChI is InChI=1S/C18H26F3NOSi/c1-6-24(7-2,8-3)15-11-13(18(19,20)21)9-10-14(15)16-22-17(4,5)12-23-16/h9-11H,6-8,12H2,1-5H3. The number of hydrogen-bond acceptors (Lipinski definition) is 2. The Kier molecular flexibility index (Phi) is 5.19. The van der Waals surface area contributed by atoms with Crippen molar-refractivity contribution in [3.05, 3.63) is 29.3 Å². The number of halogens is 3. The minimum absolute atomic E-state index is 0.329. The molecule has 0 unspecified atom stereocenters. The molecular weight excluding hydrogens is 331 g/mol. The molecule has 1 aromatic rings. The van der Waals surface area contributed by atoms with E-state index in [4.69, 9.17) is 4.74 Å². The van der Waals surface area contributed by atoms with E-state index >= 15 is 0 Å². The first-order valence-electron chi connectivity index (χ1n) is 8.53. The molecule has 0 spiro atoms. The van der Waals surface area contributed by atoms with Crippen molar-refractivity contribution >= 4 is 19.2 Å². The van der Waals surface area contributed by atoms with Gasteiger partial charge in [0.25, 0.3) is 0 Å². The maximum atomic E-state index is 13.3. The van der Waals surface area contributed by atoms with Crippen LogP contribution in [0.2, 0.25) is 18.1 Å². The summed E-state index contributed by atoms with van der Waals surface area (Å²) in [6.07, 6.45) is -4.33. The fraction of sp³-hybridized carbons (Fsp3) is 0.611. The SMILES string of the molecule is CC[Si](CC)(CC)c1cc(C(F)(F)F)ccc1C1=NC(C)(C)CO1. The first-order chi connectivity index (χ1) is 11.1. The third-order valence-electron chi connectivity index (χ3n) is 5.15. The van der Waals surface area contributed by atoms with Crippen molar-refractivity contribution in [2.45, 2.75) is 64.5 Å². The van der Waals surface area contributed by atoms with Gasteiger partial charge in [0.2, 0.25) is 5.90 Å². The number of alkyl halides is 3. The maximum absolute atomic E-state index is 13.3. The molecule has 0 saturated carbocycles. The lowest BCUT2D eigenvalue weighted by Gasteiger charge is -2.31. The number of rotatable bonds is 5. The molecule has 1 aliphatic rings. The van der Waals surface area contributed by atoms with Gasteiger partial charge in [-0.3, -0.25) is 0 Å². The summed E-state index contributed by atoms with van der Waals surface area (Å²) < 4.78 is 45.5. The van der Waals surface area contributed by atoms with E-state index in [1.807, 2.05) is 13.8 Å². The van der Waals surface area contributed by atoms with Crippen molar-refractivity contribution in [2.75, 3.05) is 6.61 Å². The van der Waals surface area contributed by atoms with Crippen molar-refractivity contribution in [1.29, 1.82) is 0 Å². The van der Waals surface area contributed by atoms with E-state index in [0.29, 0.717) is 12.5 Å². The van der Waals surface area contributed by atoms with Crippen LogP contribution in [0.4, 0.5) is 13.2 Å². The summed E-state index contributed by atoms with van der Waals surface area (Å²) >= 11 is 0. The van der Waals surface area contributed by atoms with Crippen molar-refractivity contribution in [3.8, 4) is 0 Å². The van der Waals surface area contributed by atoms with E-state index in [9.17, 15) is 13.2 Å². The van der Waals surface area contributed by atoms with Crippen molar-refractivity contribution < 1.29 is 17.9 Å². The van der Waals surface area contributed by atoms with Gasteiger partial charge in [-0.25, -0.2) is 4.99 Å². The van der Waals surface area contributed by atoms with Crippen LogP contribution in [0.25, 0.3) is 0 Å². The average molecular weight is 357 g/mol. The second-order valence-electron chi connectivity index (χ2n) is 7.12. The van der Waals surface area contributed by atoms with Gasteiger partial charge < -0.3 is 4.74 Å². The van der Waals surface area contributed by atoms with Gasteiger partial charge in [0, 0.05) is 5.56 Å². The average Bonchev–Trinajstić information content (AvgIpc) is 2.88. The van der Waals surface area contributed by atoms with Crippen LogP contribution in [0.3, 0.4) is 0 Å². The minimum atomic E-state index is -4.33. The molecule has 1 aromatic carbocycles. The second kappa shape index (κ2) is 6.54. The van der Waals surface area contributed by atoms with E-state index in [0.717, 1.165) is 34.9 Å². The molecule has 0 bridgehead atoms. The lowest BCUT2D eigenvalue weighted by atomic mass is 10.1. The molecule has 0 N–H and O–H groups in total. The van der Waals surface area contributed by atoms with Gasteiger partial charge in [-0.05, 0) is 37.2 Å². The zero-order valence-corrected chi connectivity index (χ0v) is 16.0. The Morgan fingerprint density at radius 1 is 1.12 bits per heavy atom. The summed E-state index contributed by atoms with van der Waals surface area (Å²) in [4.78, 5) is 4.59. The van der Waals surface area contributed by atoms with Crippen molar-refractivity contribution in [3.63, 3.8) is 0 Å². The molecule has 0 aromatic heterocycles. The van der Waals surface area contributed by atoms with Gasteiger partial charge in [0.05, 0.1) is 19.2 Å². The Hall–Kier alpha value is -1.30. The largest absolute Gasteiger partial charge is 0.475 e. The van der Waals surface area contributed by atoms with E-state index < -0.39 is 19.8 Å². The van der Waals surface area contributed by atoms with Gasteiger partial charge in [-0.15, -0.1) is 0 Å². The van der Waals surface area contributed by atoms with Crippen LogP contribution in [0.15, 0.2) is 23.2 Å². The van der Waals surface area contributed by atoms with Crippen LogP contribution in [0.1, 0.15) is 45.7 Å². The van der Waals surface area contributed by atoms with Gasteiger partial charge in [0.15, 0.2) is 0 Å². The topological polar surface area (TPSA) is 21.6 Å². The van der Waals surface area contributed by atoms with Crippen LogP contribution < -0.4 is 5.19 Å². The third-order valence-corrected chi connectivity index (χ3v) is 10.8. The highest BCUT2D eigenvalue weighted by atomic mass is 28.3. The number of nitrogens with zero attached hydrogens (tertiary/aromatic N) is 1. The van der Waals surface area contributed by atoms with E-state index in [1.165, 1.54) is 6.07 Å². The van der Waals surface area contributed by atoms with Crippen LogP contribution >= 0.6 is 0 Å². The highest BCUT2D eigenvalue weighted by Crippen LogP contribution is 2.32. The van der Waals surface area contributed by atoms with E-state index in [-0.39, 0.29) is 5.54 Å². The lowest BCUT2D eigenvalue weighted by molar-refractivity contribution is -0.137. The normalized spacial score (nSPS) is 17.6. The first-order valence-corrected chi connectivity index (χ1v) is 11.2. The molecule has 24 heavy (non-hydrogen) atoms. The molecule has 0 radical (unpaired) electrons. The molecule has 6 heteroatoms.